The first kappa shape index (κ1) is 22.0. The van der Waals surface area contributed by atoms with E-state index in [1.807, 2.05) is 4.90 Å². The van der Waals surface area contributed by atoms with Crippen molar-refractivity contribution in [1.29, 1.82) is 0 Å². The molecule has 9 heteroatoms. The number of aryl methyl sites for hydroxylation is 1. The fourth-order valence-electron chi connectivity index (χ4n) is 3.49. The van der Waals surface area contributed by atoms with Gasteiger partial charge in [-0.15, -0.1) is 0 Å². The van der Waals surface area contributed by atoms with E-state index in [9.17, 15) is 17.6 Å². The largest absolute Gasteiger partial charge is 0.495 e. The van der Waals surface area contributed by atoms with Gasteiger partial charge in [0, 0.05) is 26.2 Å². The lowest BCUT2D eigenvalue weighted by molar-refractivity contribution is -0.132. The number of methoxy groups -OCH3 is 1. The molecule has 1 aliphatic rings. The van der Waals surface area contributed by atoms with Gasteiger partial charge in [-0.3, -0.25) is 4.79 Å². The lowest BCUT2D eigenvalue weighted by Gasteiger charge is -2.37. The summed E-state index contributed by atoms with van der Waals surface area (Å²) in [5.41, 5.74) is 1.27. The Morgan fingerprint density at radius 2 is 1.80 bits per heavy atom. The number of hydrogen-bond donors (Lipinski definition) is 1. The third-order valence-electron chi connectivity index (χ3n) is 5.10. The predicted molar refractivity (Wildman–Crippen MR) is 113 cm³/mol. The first-order valence-corrected chi connectivity index (χ1v) is 11.2. The molecule has 0 radical (unpaired) electrons. The molecule has 1 N–H and O–H groups in total. The molecule has 0 spiro atoms. The molecule has 1 heterocycles. The number of carbonyl (C=O) groups excluding carboxylic acids is 1. The Morgan fingerprint density at radius 3 is 2.43 bits per heavy atom. The SMILES string of the molecule is COc1ccc(C)cc1S(=O)(=O)N[C@@H](C)C(=O)N1CCN(c2ccccc2F)CC1. The first-order chi connectivity index (χ1) is 14.2. The van der Waals surface area contributed by atoms with Gasteiger partial charge in [-0.2, -0.15) is 4.72 Å². The third kappa shape index (κ3) is 4.73. The second-order valence-electron chi connectivity index (χ2n) is 7.26. The number of anilines is 1. The van der Waals surface area contributed by atoms with Crippen LogP contribution in [0.25, 0.3) is 0 Å². The number of nitrogens with zero attached hydrogens (tertiary/aromatic N) is 2. The summed E-state index contributed by atoms with van der Waals surface area (Å²) in [5.74, 6) is -0.407. The molecular weight excluding hydrogens is 409 g/mol. The number of piperazine rings is 1. The number of halogens is 1. The molecule has 1 amide bonds. The van der Waals surface area contributed by atoms with Gasteiger partial charge in [0.1, 0.15) is 16.5 Å². The molecule has 1 atom stereocenters. The Morgan fingerprint density at radius 1 is 1.13 bits per heavy atom. The molecule has 0 bridgehead atoms. The maximum absolute atomic E-state index is 14.0. The van der Waals surface area contributed by atoms with Crippen LogP contribution < -0.4 is 14.4 Å². The number of amides is 1. The summed E-state index contributed by atoms with van der Waals surface area (Å²) in [6, 6.07) is 10.4. The predicted octanol–water partition coefficient (Wildman–Crippen LogP) is 2.16. The molecule has 2 aromatic carbocycles. The highest BCUT2D eigenvalue weighted by Gasteiger charge is 2.30. The van der Waals surface area contributed by atoms with Crippen LogP contribution in [0.4, 0.5) is 10.1 Å². The van der Waals surface area contributed by atoms with E-state index in [0.29, 0.717) is 31.9 Å². The zero-order valence-corrected chi connectivity index (χ0v) is 18.1. The molecule has 2 aromatic rings. The standard InChI is InChI=1S/C21H26FN3O4S/c1-15-8-9-19(29-3)20(14-15)30(27,28)23-16(2)21(26)25-12-10-24(11-13-25)18-7-5-4-6-17(18)22/h4-9,14,16,23H,10-13H2,1-3H3/t16-/m0/s1. The van der Waals surface area contributed by atoms with E-state index in [1.165, 1.54) is 26.2 Å². The van der Waals surface area contributed by atoms with E-state index < -0.39 is 16.1 Å². The van der Waals surface area contributed by atoms with Gasteiger partial charge < -0.3 is 14.5 Å². The maximum atomic E-state index is 14.0. The van der Waals surface area contributed by atoms with E-state index in [1.54, 1.807) is 42.2 Å². The molecule has 30 heavy (non-hydrogen) atoms. The maximum Gasteiger partial charge on any atom is 0.244 e. The number of rotatable bonds is 6. The summed E-state index contributed by atoms with van der Waals surface area (Å²) in [7, 11) is -2.55. The number of carbonyl (C=O) groups is 1. The number of benzene rings is 2. The minimum Gasteiger partial charge on any atom is -0.495 e. The number of sulfonamides is 1. The van der Waals surface area contributed by atoms with Crippen LogP contribution in [0, 0.1) is 12.7 Å². The Labute approximate surface area is 176 Å². The Kier molecular flexibility index (Phi) is 6.62. The minimum absolute atomic E-state index is 0.00554. The summed E-state index contributed by atoms with van der Waals surface area (Å²) in [6.45, 7) is 5.00. The van der Waals surface area contributed by atoms with Crippen molar-refractivity contribution in [3.05, 3.63) is 53.8 Å². The number of nitrogens with one attached hydrogen (secondary N) is 1. The van der Waals surface area contributed by atoms with Gasteiger partial charge in [-0.1, -0.05) is 18.2 Å². The van der Waals surface area contributed by atoms with Gasteiger partial charge in [0.15, 0.2) is 0 Å². The van der Waals surface area contributed by atoms with Crippen molar-refractivity contribution in [1.82, 2.24) is 9.62 Å². The van der Waals surface area contributed by atoms with Crippen LogP contribution in [0.2, 0.25) is 0 Å². The fraction of sp³-hybridized carbons (Fsp3) is 0.381. The molecule has 0 aromatic heterocycles. The highest BCUT2D eigenvalue weighted by Crippen LogP contribution is 2.25. The Hall–Kier alpha value is -2.65. The molecule has 0 saturated carbocycles. The Bertz CT molecular complexity index is 1020. The monoisotopic (exact) mass is 435 g/mol. The first-order valence-electron chi connectivity index (χ1n) is 9.68. The molecule has 3 rings (SSSR count). The van der Waals surface area contributed by atoms with Crippen molar-refractivity contribution in [3.8, 4) is 5.75 Å². The zero-order valence-electron chi connectivity index (χ0n) is 17.3. The number of para-hydroxylation sites is 1. The van der Waals surface area contributed by atoms with E-state index in [4.69, 9.17) is 4.74 Å². The molecule has 162 valence electrons. The van der Waals surface area contributed by atoms with Gasteiger partial charge in [0.05, 0.1) is 18.8 Å². The highest BCUT2D eigenvalue weighted by atomic mass is 32.2. The molecule has 1 aliphatic heterocycles. The topological polar surface area (TPSA) is 78.9 Å². The highest BCUT2D eigenvalue weighted by molar-refractivity contribution is 7.89. The summed E-state index contributed by atoms with van der Waals surface area (Å²) < 4.78 is 47.2. The van der Waals surface area contributed by atoms with Crippen molar-refractivity contribution in [2.45, 2.75) is 24.8 Å². The van der Waals surface area contributed by atoms with Crippen molar-refractivity contribution < 1.29 is 22.3 Å². The smallest absolute Gasteiger partial charge is 0.244 e. The van der Waals surface area contributed by atoms with Gasteiger partial charge in [-0.05, 0) is 43.7 Å². The number of ether oxygens (including phenoxy) is 1. The Balaban J connectivity index is 1.65. The summed E-state index contributed by atoms with van der Waals surface area (Å²) in [6.07, 6.45) is 0. The molecular formula is C21H26FN3O4S. The van der Waals surface area contributed by atoms with Gasteiger partial charge in [0.25, 0.3) is 0 Å². The second kappa shape index (κ2) is 9.01. The summed E-state index contributed by atoms with van der Waals surface area (Å²) >= 11 is 0. The van der Waals surface area contributed by atoms with Crippen molar-refractivity contribution >= 4 is 21.6 Å². The van der Waals surface area contributed by atoms with E-state index >= 15 is 0 Å². The zero-order chi connectivity index (χ0) is 21.9. The lowest BCUT2D eigenvalue weighted by Crippen LogP contribution is -2.54. The average molecular weight is 436 g/mol. The van der Waals surface area contributed by atoms with Crippen LogP contribution in [0.1, 0.15) is 12.5 Å². The normalized spacial score (nSPS) is 15.7. The molecule has 0 unspecified atom stereocenters. The van der Waals surface area contributed by atoms with Gasteiger partial charge in [0.2, 0.25) is 15.9 Å². The van der Waals surface area contributed by atoms with Crippen molar-refractivity contribution in [2.75, 3.05) is 38.2 Å². The van der Waals surface area contributed by atoms with Crippen molar-refractivity contribution in [3.63, 3.8) is 0 Å². The second-order valence-corrected chi connectivity index (χ2v) is 8.94. The molecule has 1 fully saturated rings. The van der Waals surface area contributed by atoms with Crippen LogP contribution in [-0.4, -0.2) is 58.6 Å². The van der Waals surface area contributed by atoms with Crippen molar-refractivity contribution in [2.24, 2.45) is 0 Å². The van der Waals surface area contributed by atoms with E-state index in [0.717, 1.165) is 5.56 Å². The number of hydrogen-bond acceptors (Lipinski definition) is 5. The molecule has 0 aliphatic carbocycles. The summed E-state index contributed by atoms with van der Waals surface area (Å²) in [5, 5.41) is 0. The third-order valence-corrected chi connectivity index (χ3v) is 6.66. The average Bonchev–Trinajstić information content (AvgIpc) is 2.73. The molecule has 1 saturated heterocycles. The lowest BCUT2D eigenvalue weighted by atomic mass is 10.2. The molecule has 7 nitrogen and oxygen atoms in total. The minimum atomic E-state index is -3.95. The quantitative estimate of drug-likeness (QED) is 0.752. The van der Waals surface area contributed by atoms with Gasteiger partial charge in [-0.25, -0.2) is 12.8 Å². The fourth-order valence-corrected chi connectivity index (χ4v) is 4.94. The summed E-state index contributed by atoms with van der Waals surface area (Å²) in [4.78, 5) is 16.3. The van der Waals surface area contributed by atoms with Crippen LogP contribution in [0.15, 0.2) is 47.4 Å². The van der Waals surface area contributed by atoms with Gasteiger partial charge >= 0.3 is 0 Å². The van der Waals surface area contributed by atoms with Crippen LogP contribution in [-0.2, 0) is 14.8 Å². The van der Waals surface area contributed by atoms with Crippen LogP contribution in [0.5, 0.6) is 5.75 Å². The van der Waals surface area contributed by atoms with Crippen LogP contribution >= 0.6 is 0 Å². The van der Waals surface area contributed by atoms with E-state index in [-0.39, 0.29) is 22.4 Å². The van der Waals surface area contributed by atoms with E-state index in [2.05, 4.69) is 4.72 Å². The van der Waals surface area contributed by atoms with Crippen LogP contribution in [0.3, 0.4) is 0 Å².